The van der Waals surface area contributed by atoms with Gasteiger partial charge in [0, 0.05) is 12.1 Å². The number of ether oxygens (including phenoxy) is 1. The Morgan fingerprint density at radius 3 is 2.65 bits per heavy atom. The summed E-state index contributed by atoms with van der Waals surface area (Å²) in [4.78, 5) is 0. The van der Waals surface area contributed by atoms with Crippen molar-refractivity contribution >= 4 is 5.82 Å². The summed E-state index contributed by atoms with van der Waals surface area (Å²) in [6, 6.07) is 9.67. The van der Waals surface area contributed by atoms with Gasteiger partial charge in [0.15, 0.2) is 6.10 Å². The highest BCUT2D eigenvalue weighted by Gasteiger charge is 2.11. The monoisotopic (exact) mass is 314 g/mol. The minimum Gasteiger partial charge on any atom is -0.476 e. The van der Waals surface area contributed by atoms with E-state index in [0.29, 0.717) is 18.8 Å². The first-order chi connectivity index (χ1) is 11.0. The largest absolute Gasteiger partial charge is 0.476 e. The van der Waals surface area contributed by atoms with Crippen LogP contribution >= 0.6 is 0 Å². The second kappa shape index (κ2) is 7.65. The van der Waals surface area contributed by atoms with Crippen LogP contribution in [-0.2, 0) is 13.1 Å². The summed E-state index contributed by atoms with van der Waals surface area (Å²) in [5.41, 5.74) is 3.13. The molecule has 1 unspecified atom stereocenters. The number of aliphatic hydroxyl groups excluding tert-OH is 1. The second-order valence-corrected chi connectivity index (χ2v) is 5.39. The van der Waals surface area contributed by atoms with Gasteiger partial charge in [-0.2, -0.15) is 10.4 Å². The molecule has 0 radical (unpaired) electrons. The van der Waals surface area contributed by atoms with Crippen molar-refractivity contribution in [1.29, 1.82) is 5.26 Å². The molecule has 0 amide bonds. The van der Waals surface area contributed by atoms with Gasteiger partial charge < -0.3 is 15.2 Å². The molecule has 6 heteroatoms. The van der Waals surface area contributed by atoms with Crippen molar-refractivity contribution in [2.75, 3.05) is 11.9 Å². The average molecular weight is 314 g/mol. The molecule has 122 valence electrons. The van der Waals surface area contributed by atoms with Gasteiger partial charge in [0.1, 0.15) is 17.6 Å². The van der Waals surface area contributed by atoms with Gasteiger partial charge in [-0.05, 0) is 38.5 Å². The maximum atomic E-state index is 9.13. The van der Waals surface area contributed by atoms with Crippen molar-refractivity contribution in [2.24, 2.45) is 0 Å². The molecule has 0 bridgehead atoms. The number of aryl methyl sites for hydroxylation is 1. The molecule has 6 nitrogen and oxygen atoms in total. The number of hydrogen-bond acceptors (Lipinski definition) is 5. The van der Waals surface area contributed by atoms with Gasteiger partial charge in [-0.3, -0.25) is 0 Å². The summed E-state index contributed by atoms with van der Waals surface area (Å²) in [5, 5.41) is 25.7. The van der Waals surface area contributed by atoms with Gasteiger partial charge in [-0.15, -0.1) is 0 Å². The maximum absolute atomic E-state index is 9.13. The number of hydrogen-bond donors (Lipinski definition) is 2. The minimum absolute atomic E-state index is 0.0539. The lowest BCUT2D eigenvalue weighted by atomic mass is 10.2. The number of rotatable bonds is 7. The Morgan fingerprint density at radius 2 is 2.04 bits per heavy atom. The van der Waals surface area contributed by atoms with Crippen LogP contribution in [0.4, 0.5) is 5.82 Å². The van der Waals surface area contributed by atoms with Crippen molar-refractivity contribution in [2.45, 2.75) is 40.0 Å². The Balaban J connectivity index is 2.03. The molecule has 0 saturated heterocycles. The fourth-order valence-electron chi connectivity index (χ4n) is 2.25. The molecular formula is C17H22N4O2. The Kier molecular flexibility index (Phi) is 5.61. The fraction of sp³-hybridized carbons (Fsp3) is 0.412. The molecule has 0 saturated carbocycles. The standard InChI is InChI=1S/C17H22N4O2/c1-12(10-18)23-16-6-4-15(5-7-16)11-19-17-13(2)14(3)20-21(17)8-9-22/h4-7,12,19,22H,8-9,11H2,1-3H3. The molecule has 1 atom stereocenters. The number of nitrogens with one attached hydrogen (secondary N) is 1. The third-order valence-corrected chi connectivity index (χ3v) is 3.62. The van der Waals surface area contributed by atoms with Crippen LogP contribution < -0.4 is 10.1 Å². The normalized spacial score (nSPS) is 11.8. The minimum atomic E-state index is -0.461. The van der Waals surface area contributed by atoms with Crippen LogP contribution in [0.2, 0.25) is 0 Å². The molecule has 23 heavy (non-hydrogen) atoms. The molecule has 2 N–H and O–H groups in total. The van der Waals surface area contributed by atoms with E-state index in [-0.39, 0.29) is 6.61 Å². The third-order valence-electron chi connectivity index (χ3n) is 3.62. The molecule has 1 aromatic heterocycles. The van der Waals surface area contributed by atoms with E-state index < -0.39 is 6.10 Å². The van der Waals surface area contributed by atoms with E-state index in [1.54, 1.807) is 11.6 Å². The maximum Gasteiger partial charge on any atom is 0.181 e. The zero-order chi connectivity index (χ0) is 16.8. The molecule has 0 aliphatic heterocycles. The summed E-state index contributed by atoms with van der Waals surface area (Å²) in [6.45, 7) is 6.85. The summed E-state index contributed by atoms with van der Waals surface area (Å²) in [7, 11) is 0. The van der Waals surface area contributed by atoms with Crippen molar-refractivity contribution in [3.05, 3.63) is 41.1 Å². The zero-order valence-corrected chi connectivity index (χ0v) is 13.7. The highest BCUT2D eigenvalue weighted by atomic mass is 16.5. The van der Waals surface area contributed by atoms with Gasteiger partial charge in [-0.25, -0.2) is 4.68 Å². The van der Waals surface area contributed by atoms with Gasteiger partial charge >= 0.3 is 0 Å². The van der Waals surface area contributed by atoms with Gasteiger partial charge in [0.2, 0.25) is 0 Å². The Morgan fingerprint density at radius 1 is 1.35 bits per heavy atom. The third kappa shape index (κ3) is 4.24. The predicted molar refractivity (Wildman–Crippen MR) is 88.3 cm³/mol. The van der Waals surface area contributed by atoms with E-state index in [4.69, 9.17) is 15.1 Å². The molecule has 0 spiro atoms. The highest BCUT2D eigenvalue weighted by Crippen LogP contribution is 2.20. The Bertz CT molecular complexity index is 686. The van der Waals surface area contributed by atoms with Gasteiger partial charge in [0.05, 0.1) is 18.8 Å². The summed E-state index contributed by atoms with van der Waals surface area (Å²) < 4.78 is 7.22. The summed E-state index contributed by atoms with van der Waals surface area (Å²) in [6.07, 6.45) is -0.461. The van der Waals surface area contributed by atoms with Crippen LogP contribution in [0, 0.1) is 25.2 Å². The SMILES string of the molecule is Cc1nn(CCO)c(NCc2ccc(OC(C)C#N)cc2)c1C. The molecule has 2 rings (SSSR count). The quantitative estimate of drug-likeness (QED) is 0.820. The van der Waals surface area contributed by atoms with E-state index in [0.717, 1.165) is 22.6 Å². The number of nitriles is 1. The van der Waals surface area contributed by atoms with Gasteiger partial charge in [-0.1, -0.05) is 12.1 Å². The topological polar surface area (TPSA) is 83.1 Å². The number of anilines is 1. The number of nitrogens with zero attached hydrogens (tertiary/aromatic N) is 3. The highest BCUT2D eigenvalue weighted by molar-refractivity contribution is 5.47. The molecule has 1 aromatic carbocycles. The van der Waals surface area contributed by atoms with E-state index in [1.807, 2.05) is 44.2 Å². The van der Waals surface area contributed by atoms with Crippen molar-refractivity contribution in [3.8, 4) is 11.8 Å². The molecule has 0 aliphatic rings. The van der Waals surface area contributed by atoms with Crippen molar-refractivity contribution < 1.29 is 9.84 Å². The smallest absolute Gasteiger partial charge is 0.181 e. The number of aromatic nitrogens is 2. The second-order valence-electron chi connectivity index (χ2n) is 5.39. The van der Waals surface area contributed by atoms with Gasteiger partial charge in [0.25, 0.3) is 0 Å². The van der Waals surface area contributed by atoms with Crippen LogP contribution in [-0.4, -0.2) is 27.6 Å². The van der Waals surface area contributed by atoms with Crippen LogP contribution in [0.3, 0.4) is 0 Å². The Labute approximate surface area is 136 Å². The molecule has 0 aliphatic carbocycles. The average Bonchev–Trinajstić information content (AvgIpc) is 2.81. The van der Waals surface area contributed by atoms with E-state index in [1.165, 1.54) is 0 Å². The summed E-state index contributed by atoms with van der Waals surface area (Å²) in [5.74, 6) is 1.61. The lowest BCUT2D eigenvalue weighted by molar-refractivity contribution is 0.270. The van der Waals surface area contributed by atoms with Crippen LogP contribution in [0.5, 0.6) is 5.75 Å². The fourth-order valence-corrected chi connectivity index (χ4v) is 2.25. The molecule has 0 fully saturated rings. The van der Waals surface area contributed by atoms with E-state index in [2.05, 4.69) is 10.4 Å². The van der Waals surface area contributed by atoms with Crippen molar-refractivity contribution in [1.82, 2.24) is 9.78 Å². The first-order valence-electron chi connectivity index (χ1n) is 7.59. The number of benzene rings is 1. The molecule has 2 aromatic rings. The predicted octanol–water partition coefficient (Wildman–Crippen LogP) is 2.40. The zero-order valence-electron chi connectivity index (χ0n) is 13.7. The van der Waals surface area contributed by atoms with Crippen LogP contribution in [0.1, 0.15) is 23.7 Å². The van der Waals surface area contributed by atoms with Crippen LogP contribution in [0.15, 0.2) is 24.3 Å². The van der Waals surface area contributed by atoms with Crippen LogP contribution in [0.25, 0.3) is 0 Å². The first kappa shape index (κ1) is 16.8. The first-order valence-corrected chi connectivity index (χ1v) is 7.59. The Hall–Kier alpha value is -2.52. The van der Waals surface area contributed by atoms with E-state index in [9.17, 15) is 0 Å². The molecular weight excluding hydrogens is 292 g/mol. The summed E-state index contributed by atoms with van der Waals surface area (Å²) >= 11 is 0. The number of aliphatic hydroxyl groups is 1. The van der Waals surface area contributed by atoms with Crippen molar-refractivity contribution in [3.63, 3.8) is 0 Å². The van der Waals surface area contributed by atoms with E-state index >= 15 is 0 Å². The lowest BCUT2D eigenvalue weighted by Crippen LogP contribution is -2.11. The lowest BCUT2D eigenvalue weighted by Gasteiger charge is -2.11. The molecule has 1 heterocycles.